The number of H-pyrrole nitrogens is 1. The summed E-state index contributed by atoms with van der Waals surface area (Å²) in [6.45, 7) is 11.0. The van der Waals surface area contributed by atoms with Crippen LogP contribution in [0.2, 0.25) is 5.15 Å². The highest BCUT2D eigenvalue weighted by atomic mass is 35.5. The first-order chi connectivity index (χ1) is 43.1. The molecule has 3 amide bonds. The third-order valence-corrected chi connectivity index (χ3v) is 16.3. The zero-order valence-corrected chi connectivity index (χ0v) is 49.5. The van der Waals surface area contributed by atoms with Crippen LogP contribution in [0.4, 0.5) is 36.4 Å². The first kappa shape index (κ1) is 57.9. The number of pyridine rings is 3. The molecule has 0 saturated carbocycles. The summed E-state index contributed by atoms with van der Waals surface area (Å²) in [5.41, 5.74) is 9.05. The third-order valence-electron chi connectivity index (χ3n) is 16.0. The zero-order chi connectivity index (χ0) is 63.1. The van der Waals surface area contributed by atoms with Crippen LogP contribution in [-0.2, 0) is 50.3 Å². The lowest BCUT2D eigenvalue weighted by Crippen LogP contribution is -2.31. The Kier molecular flexibility index (Phi) is 14.1. The Morgan fingerprint density at radius 1 is 0.456 bits per heavy atom. The summed E-state index contributed by atoms with van der Waals surface area (Å²) in [6.07, 6.45) is 4.91. The fourth-order valence-electron chi connectivity index (χ4n) is 11.1. The molecule has 6 N–H and O–H groups in total. The molecule has 450 valence electrons. The topological polar surface area (TPSA) is 303 Å². The summed E-state index contributed by atoms with van der Waals surface area (Å²) in [6, 6.07) is 30.3. The van der Waals surface area contributed by atoms with Crippen LogP contribution in [0.3, 0.4) is 0 Å². The standard InChI is InChI=1S/C21H16ClFN6O.C21H18FN7O.C21H17FN6O2/c1-21(2)14-16(22)25-18(26-17(14)27-20(21)30)15-12-7-5-9-24-19(12)29(28-15)10-11-6-3-4-8-13(11)23;1-21(2)14-16(23)25-18(26-17(14)27-20(21)30)15-12-7-5-9-24-19(12)29(28-15)10-11-6-3-4-8-13(11)22;1-21(2)14-16(26-20(21)30)24-17(25-19(14)29)15-12-7-5-9-23-18(12)28(27-15)10-11-6-3-4-8-13(11)22/h3-9H,10H2,1-2H3,(H,25,26,27,30);3-9H,10H2,1-2H3,(H3,23,25,26,27,30);3-9H,10H2,1-2H3,(H2,24,25,26,29,30). The Morgan fingerprint density at radius 2 is 0.822 bits per heavy atom. The van der Waals surface area contributed by atoms with Gasteiger partial charge in [0.25, 0.3) is 5.56 Å². The molecule has 0 aliphatic carbocycles. The van der Waals surface area contributed by atoms with Crippen molar-refractivity contribution in [3.63, 3.8) is 0 Å². The number of carbonyl (C=O) groups is 3. The molecule has 12 heterocycles. The van der Waals surface area contributed by atoms with Crippen LogP contribution >= 0.6 is 11.6 Å². The number of amides is 3. The van der Waals surface area contributed by atoms with E-state index in [4.69, 9.17) is 17.3 Å². The van der Waals surface area contributed by atoms with Crippen molar-refractivity contribution in [2.24, 2.45) is 0 Å². The summed E-state index contributed by atoms with van der Waals surface area (Å²) in [5.74, 6) is 0.310. The predicted molar refractivity (Wildman–Crippen MR) is 329 cm³/mol. The van der Waals surface area contributed by atoms with Gasteiger partial charge in [-0.05, 0) is 96.1 Å². The SMILES string of the molecule is CC1(C)C(=O)Nc2nc(-c3nn(Cc4ccccc4F)c4ncccc34)[nH]c(=O)c21.CC1(C)C(=O)Nc2nc(-c3nn(Cc4ccccc4F)c4ncccc34)nc(Cl)c21.CC1(C)C(=O)Nc2nc(-c3nn(Cc4ccccc4F)c4ncccc34)nc(N)c21. The fraction of sp³-hybridized carbons (Fsp3) is 0.190. The average Bonchev–Trinajstić information content (AvgIpc) is 1.74. The highest BCUT2D eigenvalue weighted by Gasteiger charge is 2.45. The summed E-state index contributed by atoms with van der Waals surface area (Å²) in [5, 5.41) is 24.2. The molecule has 0 spiro atoms. The molecular formula is C63H51ClF3N19O4. The molecule has 0 saturated heterocycles. The van der Waals surface area contributed by atoms with Crippen molar-refractivity contribution in [3.05, 3.63) is 194 Å². The maximum absolute atomic E-state index is 14.2. The monoisotopic (exact) mass is 1230 g/mol. The van der Waals surface area contributed by atoms with Crippen molar-refractivity contribution in [2.75, 3.05) is 21.7 Å². The van der Waals surface area contributed by atoms with Crippen molar-refractivity contribution < 1.29 is 27.6 Å². The normalized spacial score (nSPS) is 14.7. The molecule has 9 aromatic heterocycles. The van der Waals surface area contributed by atoms with Crippen molar-refractivity contribution in [2.45, 2.75) is 77.4 Å². The molecule has 23 nitrogen and oxygen atoms in total. The summed E-state index contributed by atoms with van der Waals surface area (Å²) in [4.78, 5) is 87.9. The van der Waals surface area contributed by atoms with E-state index in [-0.39, 0.29) is 89.1 Å². The molecule has 3 aromatic carbocycles. The number of nitrogen functional groups attached to an aromatic ring is 1. The van der Waals surface area contributed by atoms with Crippen LogP contribution in [0.15, 0.2) is 133 Å². The highest BCUT2D eigenvalue weighted by Crippen LogP contribution is 2.43. The molecule has 27 heteroatoms. The molecule has 0 fully saturated rings. The number of halogens is 4. The minimum Gasteiger partial charge on any atom is -0.383 e. The van der Waals surface area contributed by atoms with Gasteiger partial charge in [-0.3, -0.25) is 19.2 Å². The van der Waals surface area contributed by atoms with Gasteiger partial charge in [0.1, 0.15) is 63.0 Å². The number of nitrogens with two attached hydrogens (primary N) is 1. The lowest BCUT2D eigenvalue weighted by molar-refractivity contribution is -0.120. The number of nitrogens with one attached hydrogen (secondary N) is 4. The molecule has 0 bridgehead atoms. The molecule has 12 aromatic rings. The zero-order valence-electron chi connectivity index (χ0n) is 48.7. The van der Waals surface area contributed by atoms with Gasteiger partial charge in [-0.1, -0.05) is 66.2 Å². The third kappa shape index (κ3) is 9.95. The molecule has 3 aliphatic rings. The Balaban J connectivity index is 0.000000124. The molecule has 3 aliphatic heterocycles. The van der Waals surface area contributed by atoms with Gasteiger partial charge in [-0.2, -0.15) is 15.3 Å². The second-order valence-corrected chi connectivity index (χ2v) is 23.4. The second kappa shape index (κ2) is 21.9. The minimum atomic E-state index is -0.970. The number of carbonyl (C=O) groups excluding carboxylic acids is 3. The average molecular weight is 1230 g/mol. The number of anilines is 4. The summed E-state index contributed by atoms with van der Waals surface area (Å²) in [7, 11) is 0. The minimum absolute atomic E-state index is 0.166. The van der Waals surface area contributed by atoms with E-state index in [2.05, 4.69) is 76.1 Å². The van der Waals surface area contributed by atoms with Crippen molar-refractivity contribution in [1.29, 1.82) is 0 Å². The highest BCUT2D eigenvalue weighted by molar-refractivity contribution is 6.32. The van der Waals surface area contributed by atoms with Crippen LogP contribution in [0.25, 0.3) is 67.7 Å². The van der Waals surface area contributed by atoms with E-state index in [1.165, 1.54) is 18.2 Å². The maximum Gasteiger partial charge on any atom is 0.257 e. The van der Waals surface area contributed by atoms with Crippen LogP contribution in [-0.4, -0.2) is 91.9 Å². The number of aromatic nitrogens is 15. The number of aromatic amines is 1. The van der Waals surface area contributed by atoms with Gasteiger partial charge in [0.2, 0.25) is 17.7 Å². The Labute approximate surface area is 513 Å². The number of fused-ring (bicyclic) bond motifs is 6. The van der Waals surface area contributed by atoms with E-state index in [0.717, 1.165) is 0 Å². The van der Waals surface area contributed by atoms with Gasteiger partial charge in [0.05, 0.1) is 63.2 Å². The van der Waals surface area contributed by atoms with Crippen LogP contribution in [0.1, 0.15) is 74.9 Å². The van der Waals surface area contributed by atoms with E-state index in [9.17, 15) is 32.3 Å². The van der Waals surface area contributed by atoms with Crippen LogP contribution in [0.5, 0.6) is 0 Å². The van der Waals surface area contributed by atoms with Crippen molar-refractivity contribution >= 4 is 85.7 Å². The number of rotatable bonds is 9. The largest absolute Gasteiger partial charge is 0.383 e. The Morgan fingerprint density at radius 3 is 1.27 bits per heavy atom. The Bertz CT molecular complexity index is 4830. The Hall–Kier alpha value is -11.2. The van der Waals surface area contributed by atoms with Crippen molar-refractivity contribution in [1.82, 2.24) is 74.2 Å². The number of benzene rings is 3. The lowest BCUT2D eigenvalue weighted by Gasteiger charge is -2.15. The van der Waals surface area contributed by atoms with Crippen LogP contribution < -0.4 is 27.2 Å². The first-order valence-corrected chi connectivity index (χ1v) is 28.5. The quantitative estimate of drug-likeness (QED) is 0.0840. The lowest BCUT2D eigenvalue weighted by atomic mass is 9.87. The molecular weight excluding hydrogens is 1180 g/mol. The van der Waals surface area contributed by atoms with Gasteiger partial charge in [-0.25, -0.2) is 67.1 Å². The van der Waals surface area contributed by atoms with Gasteiger partial charge in [0, 0.05) is 40.8 Å². The van der Waals surface area contributed by atoms with E-state index < -0.39 is 21.8 Å². The van der Waals surface area contributed by atoms with E-state index in [1.807, 2.05) is 12.1 Å². The number of hydrogen-bond acceptors (Lipinski definition) is 16. The molecule has 0 atom stereocenters. The van der Waals surface area contributed by atoms with Gasteiger partial charge in [0.15, 0.2) is 34.4 Å². The predicted octanol–water partition coefficient (Wildman–Crippen LogP) is 9.45. The summed E-state index contributed by atoms with van der Waals surface area (Å²) < 4.78 is 47.3. The number of hydrogen-bond donors (Lipinski definition) is 5. The molecule has 15 rings (SSSR count). The molecule has 0 unspecified atom stereocenters. The van der Waals surface area contributed by atoms with Gasteiger partial charge in [-0.15, -0.1) is 0 Å². The maximum atomic E-state index is 14.2. The van der Waals surface area contributed by atoms with Gasteiger partial charge >= 0.3 is 0 Å². The molecule has 90 heavy (non-hydrogen) atoms. The first-order valence-electron chi connectivity index (χ1n) is 28.1. The number of nitrogens with zero attached hydrogens (tertiary/aromatic N) is 14. The van der Waals surface area contributed by atoms with Crippen molar-refractivity contribution in [3.8, 4) is 34.6 Å². The van der Waals surface area contributed by atoms with E-state index >= 15 is 0 Å². The summed E-state index contributed by atoms with van der Waals surface area (Å²) >= 11 is 6.44. The van der Waals surface area contributed by atoms with E-state index in [0.29, 0.717) is 95.2 Å². The van der Waals surface area contributed by atoms with E-state index in [1.54, 1.807) is 153 Å². The smallest absolute Gasteiger partial charge is 0.257 e. The fourth-order valence-corrected chi connectivity index (χ4v) is 11.5. The second-order valence-electron chi connectivity index (χ2n) is 23.0. The van der Waals surface area contributed by atoms with Gasteiger partial charge < -0.3 is 26.7 Å². The molecule has 0 radical (unpaired) electrons. The van der Waals surface area contributed by atoms with Crippen LogP contribution in [0, 0.1) is 17.5 Å².